The zero-order valence-electron chi connectivity index (χ0n) is 12.0. The monoisotopic (exact) mass is 318 g/mol. The van der Waals surface area contributed by atoms with Crippen LogP contribution in [0.2, 0.25) is 0 Å². The lowest BCUT2D eigenvalue weighted by atomic mass is 10.1. The van der Waals surface area contributed by atoms with Gasteiger partial charge in [0.15, 0.2) is 11.6 Å². The predicted octanol–water partition coefficient (Wildman–Crippen LogP) is 1.42. The fraction of sp³-hybridized carbons (Fsp3) is 0.500. The quantitative estimate of drug-likeness (QED) is 0.881. The first-order chi connectivity index (χ1) is 9.61. The summed E-state index contributed by atoms with van der Waals surface area (Å²) in [6.07, 6.45) is -0.491. The summed E-state index contributed by atoms with van der Waals surface area (Å²) in [5.74, 6) is -0.449. The number of morpholine rings is 1. The van der Waals surface area contributed by atoms with Gasteiger partial charge in [-0.15, -0.1) is 12.4 Å². The van der Waals surface area contributed by atoms with Crippen molar-refractivity contribution >= 4 is 18.3 Å². The second-order valence-electron chi connectivity index (χ2n) is 4.69. The maximum Gasteiger partial charge on any atom is 0.250 e. The summed E-state index contributed by atoms with van der Waals surface area (Å²) in [6.45, 7) is 3.57. The van der Waals surface area contributed by atoms with Crippen LogP contribution in [0.3, 0.4) is 0 Å². The van der Waals surface area contributed by atoms with Crippen LogP contribution in [0.5, 0.6) is 5.75 Å². The van der Waals surface area contributed by atoms with Gasteiger partial charge >= 0.3 is 0 Å². The largest absolute Gasteiger partial charge is 0.494 e. The Morgan fingerprint density at radius 1 is 1.57 bits per heavy atom. The normalized spacial score (nSPS) is 19.3. The van der Waals surface area contributed by atoms with Crippen molar-refractivity contribution < 1.29 is 18.7 Å². The zero-order chi connectivity index (χ0) is 14.5. The highest BCUT2D eigenvalue weighted by atomic mass is 35.5. The molecule has 2 atom stereocenters. The Bertz CT molecular complexity index is 481. The van der Waals surface area contributed by atoms with Gasteiger partial charge in [0.25, 0.3) is 5.91 Å². The van der Waals surface area contributed by atoms with Crippen LogP contribution >= 0.6 is 12.4 Å². The second-order valence-corrected chi connectivity index (χ2v) is 4.69. The number of hydrogen-bond acceptors (Lipinski definition) is 4. The summed E-state index contributed by atoms with van der Waals surface area (Å²) < 4.78 is 23.9. The Kier molecular flexibility index (Phi) is 6.87. The number of ether oxygens (including phenoxy) is 2. The third-order valence-corrected chi connectivity index (χ3v) is 3.25. The highest BCUT2D eigenvalue weighted by Gasteiger charge is 2.23. The van der Waals surface area contributed by atoms with Crippen molar-refractivity contribution in [2.75, 3.05) is 26.8 Å². The molecule has 0 aromatic heterocycles. The van der Waals surface area contributed by atoms with Gasteiger partial charge in [-0.2, -0.15) is 0 Å². The molecule has 7 heteroatoms. The van der Waals surface area contributed by atoms with Crippen molar-refractivity contribution in [2.45, 2.75) is 19.1 Å². The SMILES string of the molecule is COc1ccc(C(C)NC(=O)C2CNCCO2)cc1F.Cl. The van der Waals surface area contributed by atoms with Gasteiger partial charge in [0.2, 0.25) is 0 Å². The maximum absolute atomic E-state index is 13.6. The number of amides is 1. The van der Waals surface area contributed by atoms with Gasteiger partial charge < -0.3 is 20.1 Å². The van der Waals surface area contributed by atoms with E-state index in [-0.39, 0.29) is 30.1 Å². The fourth-order valence-electron chi connectivity index (χ4n) is 2.08. The molecule has 2 N–H and O–H groups in total. The molecule has 1 aliphatic heterocycles. The lowest BCUT2D eigenvalue weighted by Gasteiger charge is -2.24. The third-order valence-electron chi connectivity index (χ3n) is 3.25. The molecule has 0 bridgehead atoms. The summed E-state index contributed by atoms with van der Waals surface area (Å²) in [7, 11) is 1.41. The number of rotatable bonds is 4. The van der Waals surface area contributed by atoms with Gasteiger partial charge in [-0.3, -0.25) is 4.79 Å². The Labute approximate surface area is 129 Å². The van der Waals surface area contributed by atoms with Crippen LogP contribution in [0.1, 0.15) is 18.5 Å². The molecule has 1 saturated heterocycles. The van der Waals surface area contributed by atoms with Crippen LogP contribution in [0, 0.1) is 5.82 Å². The molecule has 0 saturated carbocycles. The molecule has 0 spiro atoms. The standard InChI is InChI=1S/C14H19FN2O3.ClH/c1-9(10-3-4-12(19-2)11(15)7-10)17-14(18)13-8-16-5-6-20-13;/h3-4,7,9,13,16H,5-6,8H2,1-2H3,(H,17,18);1H. The van der Waals surface area contributed by atoms with Crippen LogP contribution in [0.25, 0.3) is 0 Å². The second kappa shape index (κ2) is 8.17. The minimum atomic E-state index is -0.491. The Hall–Kier alpha value is -1.37. The molecule has 1 amide bonds. The number of halogens is 2. The van der Waals surface area contributed by atoms with E-state index in [1.165, 1.54) is 13.2 Å². The highest BCUT2D eigenvalue weighted by molar-refractivity contribution is 5.85. The highest BCUT2D eigenvalue weighted by Crippen LogP contribution is 2.21. The molecule has 1 aromatic rings. The van der Waals surface area contributed by atoms with E-state index in [1.807, 2.05) is 0 Å². The summed E-state index contributed by atoms with van der Waals surface area (Å²) in [5.41, 5.74) is 0.681. The first-order valence-corrected chi connectivity index (χ1v) is 6.58. The zero-order valence-corrected chi connectivity index (χ0v) is 12.8. The average Bonchev–Trinajstić information content (AvgIpc) is 2.48. The van der Waals surface area contributed by atoms with Crippen LogP contribution in [0.15, 0.2) is 18.2 Å². The van der Waals surface area contributed by atoms with E-state index in [0.717, 1.165) is 6.54 Å². The number of nitrogens with one attached hydrogen (secondary N) is 2. The van der Waals surface area contributed by atoms with Crippen LogP contribution in [0.4, 0.5) is 4.39 Å². The molecule has 1 heterocycles. The number of hydrogen-bond donors (Lipinski definition) is 2. The van der Waals surface area contributed by atoms with Crippen LogP contribution in [-0.4, -0.2) is 38.8 Å². The predicted molar refractivity (Wildman–Crippen MR) is 79.4 cm³/mol. The number of carbonyl (C=O) groups excluding carboxylic acids is 1. The van der Waals surface area contributed by atoms with E-state index >= 15 is 0 Å². The number of methoxy groups -OCH3 is 1. The minimum absolute atomic E-state index is 0. The maximum atomic E-state index is 13.6. The van der Waals surface area contributed by atoms with Crippen LogP contribution in [-0.2, 0) is 9.53 Å². The van der Waals surface area contributed by atoms with Gasteiger partial charge in [-0.05, 0) is 24.6 Å². The van der Waals surface area contributed by atoms with E-state index in [1.54, 1.807) is 19.1 Å². The molecule has 2 unspecified atom stereocenters. The van der Waals surface area contributed by atoms with E-state index in [0.29, 0.717) is 18.7 Å². The molecule has 2 rings (SSSR count). The van der Waals surface area contributed by atoms with Crippen molar-refractivity contribution in [3.63, 3.8) is 0 Å². The molecule has 118 valence electrons. The van der Waals surface area contributed by atoms with E-state index in [9.17, 15) is 9.18 Å². The van der Waals surface area contributed by atoms with Crippen molar-refractivity contribution in [3.8, 4) is 5.75 Å². The van der Waals surface area contributed by atoms with Crippen molar-refractivity contribution in [3.05, 3.63) is 29.6 Å². The van der Waals surface area contributed by atoms with Crippen LogP contribution < -0.4 is 15.4 Å². The molecule has 21 heavy (non-hydrogen) atoms. The molecule has 1 aliphatic rings. The summed E-state index contributed by atoms with van der Waals surface area (Å²) in [6, 6.07) is 4.34. The van der Waals surface area contributed by atoms with Gasteiger partial charge in [0.1, 0.15) is 6.10 Å². The van der Waals surface area contributed by atoms with E-state index in [4.69, 9.17) is 9.47 Å². The van der Waals surface area contributed by atoms with Gasteiger partial charge in [-0.25, -0.2) is 4.39 Å². The van der Waals surface area contributed by atoms with Gasteiger partial charge in [0.05, 0.1) is 19.8 Å². The molecular formula is C14H20ClFN2O3. The number of benzene rings is 1. The first-order valence-electron chi connectivity index (χ1n) is 6.58. The molecule has 1 aromatic carbocycles. The Balaban J connectivity index is 0.00000220. The van der Waals surface area contributed by atoms with Crippen molar-refractivity contribution in [1.82, 2.24) is 10.6 Å². The van der Waals surface area contributed by atoms with Crippen molar-refractivity contribution in [1.29, 1.82) is 0 Å². The first kappa shape index (κ1) is 17.7. The molecule has 0 radical (unpaired) electrons. The lowest BCUT2D eigenvalue weighted by molar-refractivity contribution is -0.134. The molecule has 0 aliphatic carbocycles. The minimum Gasteiger partial charge on any atom is -0.494 e. The number of carbonyl (C=O) groups is 1. The van der Waals surface area contributed by atoms with Gasteiger partial charge in [0, 0.05) is 13.1 Å². The summed E-state index contributed by atoms with van der Waals surface area (Å²) in [5, 5.41) is 5.91. The smallest absolute Gasteiger partial charge is 0.250 e. The third kappa shape index (κ3) is 4.56. The summed E-state index contributed by atoms with van der Waals surface area (Å²) in [4.78, 5) is 12.0. The Morgan fingerprint density at radius 3 is 2.90 bits per heavy atom. The Morgan fingerprint density at radius 2 is 2.33 bits per heavy atom. The molecular weight excluding hydrogens is 299 g/mol. The molecule has 5 nitrogen and oxygen atoms in total. The molecule has 1 fully saturated rings. The van der Waals surface area contributed by atoms with E-state index < -0.39 is 11.9 Å². The topological polar surface area (TPSA) is 59.6 Å². The average molecular weight is 319 g/mol. The van der Waals surface area contributed by atoms with E-state index in [2.05, 4.69) is 10.6 Å². The summed E-state index contributed by atoms with van der Waals surface area (Å²) >= 11 is 0. The fourth-order valence-corrected chi connectivity index (χ4v) is 2.08. The lowest BCUT2D eigenvalue weighted by Crippen LogP contribution is -2.48. The van der Waals surface area contributed by atoms with Gasteiger partial charge in [-0.1, -0.05) is 6.07 Å². The van der Waals surface area contributed by atoms with Crippen molar-refractivity contribution in [2.24, 2.45) is 0 Å².